The quantitative estimate of drug-likeness (QED) is 0.804. The molecule has 3 aromatic rings. The lowest BCUT2D eigenvalue weighted by Gasteiger charge is -2.08. The van der Waals surface area contributed by atoms with E-state index >= 15 is 0 Å². The van der Waals surface area contributed by atoms with Crippen LogP contribution in [-0.4, -0.2) is 20.9 Å². The third kappa shape index (κ3) is 3.17. The zero-order chi connectivity index (χ0) is 15.4. The van der Waals surface area contributed by atoms with E-state index in [-0.39, 0.29) is 5.91 Å². The molecule has 0 unspecified atom stereocenters. The predicted molar refractivity (Wildman–Crippen MR) is 85.5 cm³/mol. The number of pyridine rings is 1. The number of aromatic nitrogens is 3. The first-order valence-electron chi connectivity index (χ1n) is 6.77. The van der Waals surface area contributed by atoms with Crippen molar-refractivity contribution in [3.8, 4) is 11.3 Å². The van der Waals surface area contributed by atoms with E-state index in [0.29, 0.717) is 11.4 Å². The molecule has 0 atom stereocenters. The molecule has 3 aromatic heterocycles. The number of hydrogen-bond acceptors (Lipinski definition) is 5. The van der Waals surface area contributed by atoms with Gasteiger partial charge >= 0.3 is 0 Å². The first kappa shape index (κ1) is 14.3. The summed E-state index contributed by atoms with van der Waals surface area (Å²) in [6.07, 6.45) is 6.70. The predicted octanol–water partition coefficient (Wildman–Crippen LogP) is 2.84. The van der Waals surface area contributed by atoms with E-state index in [4.69, 9.17) is 0 Å². The number of aryl methyl sites for hydroxylation is 1. The molecule has 0 aromatic carbocycles. The Balaban J connectivity index is 1.77. The Bertz CT molecular complexity index is 786. The van der Waals surface area contributed by atoms with E-state index in [9.17, 15) is 4.79 Å². The molecule has 0 fully saturated rings. The van der Waals surface area contributed by atoms with Gasteiger partial charge in [-0.1, -0.05) is 0 Å². The largest absolute Gasteiger partial charge is 0.346 e. The van der Waals surface area contributed by atoms with Crippen LogP contribution >= 0.6 is 11.3 Å². The van der Waals surface area contributed by atoms with Gasteiger partial charge in [0.25, 0.3) is 5.91 Å². The molecule has 0 bridgehead atoms. The molecular formula is C16H14N4OS. The zero-order valence-electron chi connectivity index (χ0n) is 12.0. The summed E-state index contributed by atoms with van der Waals surface area (Å²) in [5.74, 6) is -0.0964. The van der Waals surface area contributed by atoms with Crippen LogP contribution in [-0.2, 0) is 6.54 Å². The molecule has 0 spiro atoms. The van der Waals surface area contributed by atoms with Crippen molar-refractivity contribution in [3.63, 3.8) is 0 Å². The summed E-state index contributed by atoms with van der Waals surface area (Å²) in [4.78, 5) is 25.6. The highest BCUT2D eigenvalue weighted by Gasteiger charge is 2.11. The van der Waals surface area contributed by atoms with Crippen molar-refractivity contribution in [1.29, 1.82) is 0 Å². The van der Waals surface area contributed by atoms with Crippen LogP contribution in [0.1, 0.15) is 20.9 Å². The Hall–Kier alpha value is -2.60. The molecule has 0 aliphatic heterocycles. The first-order valence-corrected chi connectivity index (χ1v) is 7.65. The van der Waals surface area contributed by atoms with Crippen molar-refractivity contribution >= 4 is 17.2 Å². The molecule has 0 aliphatic rings. The minimum absolute atomic E-state index is 0.0964. The summed E-state index contributed by atoms with van der Waals surface area (Å²) >= 11 is 1.44. The van der Waals surface area contributed by atoms with Gasteiger partial charge in [-0.2, -0.15) is 0 Å². The second-order valence-electron chi connectivity index (χ2n) is 4.76. The van der Waals surface area contributed by atoms with Crippen LogP contribution in [0.15, 0.2) is 48.4 Å². The third-order valence-corrected chi connectivity index (χ3v) is 4.13. The fourth-order valence-corrected chi connectivity index (χ4v) is 2.86. The highest BCUT2D eigenvalue weighted by molar-refractivity contribution is 7.12. The first-order chi connectivity index (χ1) is 10.7. The van der Waals surface area contributed by atoms with Crippen LogP contribution in [0.5, 0.6) is 0 Å². The molecule has 3 heterocycles. The second kappa shape index (κ2) is 6.44. The Labute approximate surface area is 132 Å². The lowest BCUT2D eigenvalue weighted by molar-refractivity contribution is 0.0954. The molecule has 3 rings (SSSR count). The highest BCUT2D eigenvalue weighted by Crippen LogP contribution is 2.18. The molecule has 0 radical (unpaired) electrons. The Morgan fingerprint density at radius 3 is 2.86 bits per heavy atom. The Morgan fingerprint density at radius 2 is 2.14 bits per heavy atom. The molecule has 0 saturated carbocycles. The van der Waals surface area contributed by atoms with Crippen LogP contribution in [0.3, 0.4) is 0 Å². The normalized spacial score (nSPS) is 10.4. The summed E-state index contributed by atoms with van der Waals surface area (Å²) < 4.78 is 0. The number of amides is 1. The number of nitrogens with zero attached hydrogens (tertiary/aromatic N) is 3. The van der Waals surface area contributed by atoms with Gasteiger partial charge in [0.15, 0.2) is 0 Å². The molecule has 110 valence electrons. The Morgan fingerprint density at radius 1 is 1.27 bits per heavy atom. The van der Waals surface area contributed by atoms with Crippen molar-refractivity contribution in [2.45, 2.75) is 13.5 Å². The van der Waals surface area contributed by atoms with Gasteiger partial charge in [-0.15, -0.1) is 11.3 Å². The molecule has 1 N–H and O–H groups in total. The van der Waals surface area contributed by atoms with Crippen molar-refractivity contribution in [2.75, 3.05) is 0 Å². The van der Waals surface area contributed by atoms with Crippen molar-refractivity contribution in [1.82, 2.24) is 20.3 Å². The van der Waals surface area contributed by atoms with Gasteiger partial charge in [0, 0.05) is 30.4 Å². The van der Waals surface area contributed by atoms with E-state index in [1.807, 2.05) is 30.5 Å². The van der Waals surface area contributed by atoms with Crippen molar-refractivity contribution < 1.29 is 4.79 Å². The topological polar surface area (TPSA) is 67.8 Å². The number of carbonyl (C=O) groups is 1. The minimum Gasteiger partial charge on any atom is -0.346 e. The van der Waals surface area contributed by atoms with Gasteiger partial charge in [0.05, 0.1) is 22.8 Å². The Kier molecular flexibility index (Phi) is 4.20. The van der Waals surface area contributed by atoms with Crippen molar-refractivity contribution in [2.24, 2.45) is 0 Å². The third-order valence-electron chi connectivity index (χ3n) is 3.08. The molecule has 0 aliphatic carbocycles. The molecule has 1 amide bonds. The summed E-state index contributed by atoms with van der Waals surface area (Å²) in [6.45, 7) is 2.30. The van der Waals surface area contributed by atoms with E-state index in [0.717, 1.165) is 22.5 Å². The minimum atomic E-state index is -0.0964. The number of thiophene rings is 1. The van der Waals surface area contributed by atoms with Gasteiger partial charge in [-0.05, 0) is 36.1 Å². The van der Waals surface area contributed by atoms with Gasteiger partial charge < -0.3 is 5.32 Å². The second-order valence-corrected chi connectivity index (χ2v) is 5.68. The molecule has 5 nitrogen and oxygen atoms in total. The maximum atomic E-state index is 12.1. The van der Waals surface area contributed by atoms with Gasteiger partial charge in [-0.25, -0.2) is 0 Å². The number of carbonyl (C=O) groups excluding carboxylic acids is 1. The van der Waals surface area contributed by atoms with Crippen LogP contribution < -0.4 is 5.32 Å². The summed E-state index contributed by atoms with van der Waals surface area (Å²) in [7, 11) is 0. The van der Waals surface area contributed by atoms with Crippen LogP contribution in [0.25, 0.3) is 11.3 Å². The van der Waals surface area contributed by atoms with E-state index < -0.39 is 0 Å². The molecule has 22 heavy (non-hydrogen) atoms. The van der Waals surface area contributed by atoms with Crippen LogP contribution in [0, 0.1) is 6.92 Å². The number of rotatable bonds is 4. The molecule has 6 heteroatoms. The number of nitrogens with one attached hydrogen (secondary N) is 1. The SMILES string of the molecule is Cc1csc(C(=O)NCc2nccnc2-c2cccnc2)c1. The lowest BCUT2D eigenvalue weighted by Crippen LogP contribution is -2.23. The molecular weight excluding hydrogens is 296 g/mol. The highest BCUT2D eigenvalue weighted by atomic mass is 32.1. The fourth-order valence-electron chi connectivity index (χ4n) is 2.04. The maximum Gasteiger partial charge on any atom is 0.261 e. The zero-order valence-corrected chi connectivity index (χ0v) is 12.8. The van der Waals surface area contributed by atoms with Crippen LogP contribution in [0.2, 0.25) is 0 Å². The molecule has 0 saturated heterocycles. The summed E-state index contributed by atoms with van der Waals surface area (Å²) in [6, 6.07) is 5.64. The van der Waals surface area contributed by atoms with Crippen LogP contribution in [0.4, 0.5) is 0 Å². The van der Waals surface area contributed by atoms with Gasteiger partial charge in [0.1, 0.15) is 0 Å². The summed E-state index contributed by atoms with van der Waals surface area (Å²) in [5, 5.41) is 4.84. The van der Waals surface area contributed by atoms with E-state index in [2.05, 4.69) is 20.3 Å². The summed E-state index contributed by atoms with van der Waals surface area (Å²) in [5.41, 5.74) is 3.42. The lowest BCUT2D eigenvalue weighted by atomic mass is 10.1. The average molecular weight is 310 g/mol. The smallest absolute Gasteiger partial charge is 0.261 e. The van der Waals surface area contributed by atoms with Gasteiger partial charge in [0.2, 0.25) is 0 Å². The van der Waals surface area contributed by atoms with E-state index in [1.165, 1.54) is 11.3 Å². The fraction of sp³-hybridized carbons (Fsp3) is 0.125. The average Bonchev–Trinajstić information content (AvgIpc) is 3.00. The van der Waals surface area contributed by atoms with Gasteiger partial charge in [-0.3, -0.25) is 19.7 Å². The maximum absolute atomic E-state index is 12.1. The standard InChI is InChI=1S/C16H14N4OS/c1-11-7-14(22-10-11)16(21)20-9-13-15(19-6-5-18-13)12-3-2-4-17-8-12/h2-8,10H,9H2,1H3,(H,20,21). The van der Waals surface area contributed by atoms with E-state index in [1.54, 1.807) is 24.8 Å². The monoisotopic (exact) mass is 310 g/mol. The number of hydrogen-bond donors (Lipinski definition) is 1. The van der Waals surface area contributed by atoms with Crippen molar-refractivity contribution in [3.05, 3.63) is 64.5 Å².